The Bertz CT molecular complexity index is 566. The van der Waals surface area contributed by atoms with Crippen LogP contribution in [0.15, 0.2) is 54.6 Å². The fourth-order valence-electron chi connectivity index (χ4n) is 2.74. The van der Waals surface area contributed by atoms with E-state index in [1.807, 2.05) is 54.6 Å². The second-order valence-electron chi connectivity index (χ2n) is 5.29. The third-order valence-corrected chi connectivity index (χ3v) is 3.84. The van der Waals surface area contributed by atoms with E-state index in [0.29, 0.717) is 0 Å². The first-order chi connectivity index (χ1) is 9.83. The molecule has 1 aliphatic rings. The van der Waals surface area contributed by atoms with Crippen LogP contribution in [-0.4, -0.2) is 5.78 Å². The van der Waals surface area contributed by atoms with Crippen LogP contribution in [0.25, 0.3) is 0 Å². The van der Waals surface area contributed by atoms with E-state index in [4.69, 9.17) is 4.74 Å². The van der Waals surface area contributed by atoms with Gasteiger partial charge in [-0.1, -0.05) is 31.0 Å². The summed E-state index contributed by atoms with van der Waals surface area (Å²) in [5.74, 6) is 2.09. The van der Waals surface area contributed by atoms with Crippen LogP contribution in [0.5, 0.6) is 11.5 Å². The maximum Gasteiger partial charge on any atom is 0.165 e. The Hall–Kier alpha value is -2.09. The van der Waals surface area contributed by atoms with Crippen LogP contribution in [-0.2, 0) is 0 Å². The molecule has 2 aromatic rings. The molecule has 0 aliphatic heterocycles. The van der Waals surface area contributed by atoms with Gasteiger partial charge in [0.25, 0.3) is 0 Å². The number of para-hydroxylation sites is 1. The van der Waals surface area contributed by atoms with Crippen LogP contribution in [0.1, 0.15) is 36.0 Å². The second-order valence-corrected chi connectivity index (χ2v) is 5.29. The number of carbonyl (C=O) groups excluding carboxylic acids is 1. The largest absolute Gasteiger partial charge is 0.457 e. The molecule has 1 saturated carbocycles. The molecule has 0 heterocycles. The first kappa shape index (κ1) is 12.9. The molecule has 0 unspecified atom stereocenters. The molecule has 2 nitrogen and oxygen atoms in total. The molecule has 2 heteroatoms. The van der Waals surface area contributed by atoms with E-state index in [2.05, 4.69) is 0 Å². The monoisotopic (exact) mass is 266 g/mol. The zero-order valence-electron chi connectivity index (χ0n) is 11.4. The number of carbonyl (C=O) groups is 1. The number of rotatable bonds is 4. The highest BCUT2D eigenvalue weighted by atomic mass is 16.5. The number of ether oxygens (including phenoxy) is 1. The van der Waals surface area contributed by atoms with Gasteiger partial charge in [0.15, 0.2) is 5.78 Å². The second kappa shape index (κ2) is 5.91. The summed E-state index contributed by atoms with van der Waals surface area (Å²) in [5.41, 5.74) is 0.803. The minimum Gasteiger partial charge on any atom is -0.457 e. The number of benzene rings is 2. The summed E-state index contributed by atoms with van der Waals surface area (Å²) in [6.45, 7) is 0. The predicted octanol–water partition coefficient (Wildman–Crippen LogP) is 4.85. The molecule has 0 N–H and O–H groups in total. The van der Waals surface area contributed by atoms with Crippen molar-refractivity contribution in [3.63, 3.8) is 0 Å². The SMILES string of the molecule is O=C(c1ccc(Oc2ccccc2)cc1)C1CCCC1. The lowest BCUT2D eigenvalue weighted by atomic mass is 9.96. The Morgan fingerprint density at radius 2 is 1.45 bits per heavy atom. The average molecular weight is 266 g/mol. The summed E-state index contributed by atoms with van der Waals surface area (Å²) < 4.78 is 5.73. The van der Waals surface area contributed by atoms with Crippen molar-refractivity contribution in [2.24, 2.45) is 5.92 Å². The summed E-state index contributed by atoms with van der Waals surface area (Å²) >= 11 is 0. The van der Waals surface area contributed by atoms with Crippen molar-refractivity contribution in [1.29, 1.82) is 0 Å². The molecule has 0 atom stereocenters. The molecule has 2 aromatic carbocycles. The van der Waals surface area contributed by atoms with Crippen molar-refractivity contribution >= 4 is 5.78 Å². The van der Waals surface area contributed by atoms with Gasteiger partial charge >= 0.3 is 0 Å². The van der Waals surface area contributed by atoms with Gasteiger partial charge in [0.05, 0.1) is 0 Å². The van der Waals surface area contributed by atoms with E-state index in [1.165, 1.54) is 12.8 Å². The molecule has 0 spiro atoms. The molecular formula is C18H18O2. The van der Waals surface area contributed by atoms with Crippen molar-refractivity contribution in [1.82, 2.24) is 0 Å². The molecule has 1 fully saturated rings. The van der Waals surface area contributed by atoms with Crippen LogP contribution in [0, 0.1) is 5.92 Å². The smallest absolute Gasteiger partial charge is 0.165 e. The summed E-state index contributed by atoms with van der Waals surface area (Å²) in [6.07, 6.45) is 4.46. The topological polar surface area (TPSA) is 26.3 Å². The molecule has 0 amide bonds. The molecular weight excluding hydrogens is 248 g/mol. The highest BCUT2D eigenvalue weighted by Gasteiger charge is 2.23. The van der Waals surface area contributed by atoms with Gasteiger partial charge in [-0.05, 0) is 49.2 Å². The average Bonchev–Trinajstić information content (AvgIpc) is 3.03. The maximum absolute atomic E-state index is 12.3. The van der Waals surface area contributed by atoms with E-state index < -0.39 is 0 Å². The maximum atomic E-state index is 12.3. The van der Waals surface area contributed by atoms with E-state index in [1.54, 1.807) is 0 Å². The number of Topliss-reactive ketones (excluding diaryl/α,β-unsaturated/α-hetero) is 1. The minimum absolute atomic E-state index is 0.232. The standard InChI is InChI=1S/C18H18O2/c19-18(14-6-4-5-7-14)15-10-12-17(13-11-15)20-16-8-2-1-3-9-16/h1-3,8-14H,4-7H2. The number of hydrogen-bond acceptors (Lipinski definition) is 2. The van der Waals surface area contributed by atoms with Crippen LogP contribution in [0.4, 0.5) is 0 Å². The van der Waals surface area contributed by atoms with Gasteiger partial charge < -0.3 is 4.74 Å². The van der Waals surface area contributed by atoms with Gasteiger partial charge in [-0.15, -0.1) is 0 Å². The molecule has 0 bridgehead atoms. The number of ketones is 1. The first-order valence-electron chi connectivity index (χ1n) is 7.20. The lowest BCUT2D eigenvalue weighted by molar-refractivity contribution is 0.0923. The third kappa shape index (κ3) is 2.90. The molecule has 0 radical (unpaired) electrons. The van der Waals surface area contributed by atoms with Gasteiger partial charge in [0.1, 0.15) is 11.5 Å². The summed E-state index contributed by atoms with van der Waals surface area (Å²) in [4.78, 5) is 12.3. The lowest BCUT2D eigenvalue weighted by Crippen LogP contribution is -2.10. The van der Waals surface area contributed by atoms with Gasteiger partial charge in [-0.2, -0.15) is 0 Å². The Balaban J connectivity index is 1.69. The number of hydrogen-bond donors (Lipinski definition) is 0. The van der Waals surface area contributed by atoms with Gasteiger partial charge in [0, 0.05) is 11.5 Å². The molecule has 20 heavy (non-hydrogen) atoms. The summed E-state index contributed by atoms with van der Waals surface area (Å²) in [7, 11) is 0. The molecule has 0 saturated heterocycles. The molecule has 102 valence electrons. The van der Waals surface area contributed by atoms with Crippen molar-refractivity contribution in [3.8, 4) is 11.5 Å². The Morgan fingerprint density at radius 1 is 0.850 bits per heavy atom. The van der Waals surface area contributed by atoms with Crippen LogP contribution in [0.3, 0.4) is 0 Å². The molecule has 1 aliphatic carbocycles. The molecule has 0 aromatic heterocycles. The summed E-state index contributed by atoms with van der Waals surface area (Å²) in [6, 6.07) is 17.1. The predicted molar refractivity (Wildman–Crippen MR) is 79.2 cm³/mol. The van der Waals surface area contributed by atoms with E-state index in [9.17, 15) is 4.79 Å². The zero-order valence-corrected chi connectivity index (χ0v) is 11.4. The summed E-state index contributed by atoms with van der Waals surface area (Å²) in [5, 5.41) is 0. The van der Waals surface area contributed by atoms with Gasteiger partial charge in [-0.3, -0.25) is 4.79 Å². The van der Waals surface area contributed by atoms with E-state index >= 15 is 0 Å². The van der Waals surface area contributed by atoms with Crippen LogP contribution >= 0.6 is 0 Å². The van der Waals surface area contributed by atoms with Crippen molar-refractivity contribution in [3.05, 3.63) is 60.2 Å². The zero-order chi connectivity index (χ0) is 13.8. The first-order valence-corrected chi connectivity index (χ1v) is 7.20. The van der Waals surface area contributed by atoms with Gasteiger partial charge in [-0.25, -0.2) is 0 Å². The Kier molecular flexibility index (Phi) is 3.82. The Morgan fingerprint density at radius 3 is 2.10 bits per heavy atom. The highest BCUT2D eigenvalue weighted by Crippen LogP contribution is 2.29. The highest BCUT2D eigenvalue weighted by molar-refractivity contribution is 5.98. The fraction of sp³-hybridized carbons (Fsp3) is 0.278. The normalized spacial score (nSPS) is 15.2. The van der Waals surface area contributed by atoms with E-state index in [0.717, 1.165) is 29.9 Å². The Labute approximate surface area is 119 Å². The lowest BCUT2D eigenvalue weighted by Gasteiger charge is -2.09. The van der Waals surface area contributed by atoms with Crippen molar-refractivity contribution in [2.75, 3.05) is 0 Å². The third-order valence-electron chi connectivity index (χ3n) is 3.84. The molecule has 3 rings (SSSR count). The fourth-order valence-corrected chi connectivity index (χ4v) is 2.74. The van der Waals surface area contributed by atoms with Crippen LogP contribution in [0.2, 0.25) is 0 Å². The van der Waals surface area contributed by atoms with E-state index in [-0.39, 0.29) is 11.7 Å². The van der Waals surface area contributed by atoms with Crippen molar-refractivity contribution < 1.29 is 9.53 Å². The van der Waals surface area contributed by atoms with Crippen molar-refractivity contribution in [2.45, 2.75) is 25.7 Å². The van der Waals surface area contributed by atoms with Crippen LogP contribution < -0.4 is 4.74 Å². The minimum atomic E-state index is 0.232. The van der Waals surface area contributed by atoms with Gasteiger partial charge in [0.2, 0.25) is 0 Å². The quantitative estimate of drug-likeness (QED) is 0.739.